The molecule has 0 aromatic carbocycles. The maximum atomic E-state index is 13.8. The van der Waals surface area contributed by atoms with Gasteiger partial charge in [-0.3, -0.25) is 14.5 Å². The van der Waals surface area contributed by atoms with E-state index in [1.165, 1.54) is 57.8 Å². The highest BCUT2D eigenvalue weighted by molar-refractivity contribution is 7.91. The van der Waals surface area contributed by atoms with Crippen LogP contribution in [0.5, 0.6) is 0 Å². The lowest BCUT2D eigenvalue weighted by atomic mass is 9.32. The first-order chi connectivity index (χ1) is 28.9. The molecule has 0 aromatic rings. The van der Waals surface area contributed by atoms with Crippen molar-refractivity contribution in [1.29, 1.82) is 0 Å². The Hall–Kier alpha value is -1.01. The summed E-state index contributed by atoms with van der Waals surface area (Å²) in [6.07, 6.45) is 14.9. The number of esters is 1. The van der Waals surface area contributed by atoms with Crippen LogP contribution >= 0.6 is 0 Å². The second-order valence-electron chi connectivity index (χ2n) is 27.2. The fourth-order valence-corrected chi connectivity index (χ4v) is 19.7. The Morgan fingerprint density at radius 3 is 2.02 bits per heavy atom. The van der Waals surface area contributed by atoms with E-state index in [1.54, 1.807) is 0 Å². The maximum Gasteiger partial charge on any atom is 0.309 e. The Balaban J connectivity index is 1.04. The van der Waals surface area contributed by atoms with Gasteiger partial charge in [0.1, 0.15) is 6.10 Å². The zero-order chi connectivity index (χ0) is 46.4. The number of rotatable bonds is 11. The van der Waals surface area contributed by atoms with Crippen molar-refractivity contribution >= 4 is 30.1 Å². The lowest BCUT2D eigenvalue weighted by Gasteiger charge is -2.73. The van der Waals surface area contributed by atoms with E-state index in [0.29, 0.717) is 48.6 Å². The molecule has 0 spiro atoms. The molecule has 63 heavy (non-hydrogen) atoms. The normalized spacial score (nSPS) is 44.7. The Morgan fingerprint density at radius 2 is 1.43 bits per heavy atom. The molecule has 1 heterocycles. The second kappa shape index (κ2) is 15.5. The first-order valence-corrected chi connectivity index (χ1v) is 30.4. The van der Waals surface area contributed by atoms with Crippen LogP contribution in [0.25, 0.3) is 0 Å². The highest BCUT2D eigenvalue weighted by Crippen LogP contribution is 2.78. The van der Waals surface area contributed by atoms with Crippen LogP contribution in [0.15, 0.2) is 0 Å². The molecule has 14 atom stereocenters. The van der Waals surface area contributed by atoms with Crippen LogP contribution in [-0.4, -0.2) is 93.6 Å². The van der Waals surface area contributed by atoms with Crippen molar-refractivity contribution in [2.75, 3.05) is 31.1 Å². The molecule has 7 aliphatic carbocycles. The van der Waals surface area contributed by atoms with Gasteiger partial charge in [0.2, 0.25) is 0 Å². The quantitative estimate of drug-likeness (QED) is 0.154. The fraction of sp³-hybridized carbons (Fsp3) is 0.962. The number of nitrogens with zero attached hydrogens (tertiary/aromatic N) is 1. The standard InChI is InChI=1S/C52H90N2O7SSi/c1-33(61-63(13,14)45(2,3)4)38(54-27-29-62(58,59)30-28-54)32-53-52-22-17-34(48(9)23-24-48)42(52)35-15-16-40-49(10)20-19-41(60-44(57)37-31-36(43(55)56)46(37,5)6)47(7,8)39(49)18-21-51(40,12)50(35,11)25-26-52/h33-42,53H,15-32H2,1-14H3,(H,55,56)/t33-,34-,35-,36+,37-,38-,39+,40-,41+,42-,49+,50-,51-,52+/m1/s1. The number of carboxylic acids is 1. The largest absolute Gasteiger partial charge is 0.481 e. The van der Waals surface area contributed by atoms with Gasteiger partial charge in [-0.05, 0) is 165 Å². The Bertz CT molecular complexity index is 1890. The van der Waals surface area contributed by atoms with Crippen molar-refractivity contribution in [3.63, 3.8) is 0 Å². The zero-order valence-corrected chi connectivity index (χ0v) is 44.1. The number of carbonyl (C=O) groups is 2. The van der Waals surface area contributed by atoms with Crippen LogP contribution < -0.4 is 5.32 Å². The van der Waals surface area contributed by atoms with E-state index in [-0.39, 0.29) is 73.9 Å². The first-order valence-electron chi connectivity index (χ1n) is 25.7. The summed E-state index contributed by atoms with van der Waals surface area (Å²) >= 11 is 0. The molecular weight excluding hydrogens is 825 g/mol. The minimum atomic E-state index is -3.00. The molecule has 11 heteroatoms. The number of ether oxygens (including phenoxy) is 1. The van der Waals surface area contributed by atoms with E-state index in [2.05, 4.69) is 92.5 Å². The van der Waals surface area contributed by atoms with E-state index in [4.69, 9.17) is 9.16 Å². The topological polar surface area (TPSA) is 122 Å². The SMILES string of the molecule is C[C@@H](O[Si](C)(C)C(C)(C)C)[C@@H](CN[C@]12CC[C@@H](C3(C)CC3)[C@@H]1[C@H]1CC[C@@H]3[C@@]4(C)CC[C@H](OC(=O)[C@H]5C[C@@H](C(=O)O)C5(C)C)C(C)(C)[C@@H]4CC[C@@]3(C)[C@]1(C)CC2)N1CCS(=O)(=O)CC1. The number of sulfone groups is 1. The van der Waals surface area contributed by atoms with E-state index in [0.717, 1.165) is 31.7 Å². The lowest BCUT2D eigenvalue weighted by molar-refractivity contribution is -0.250. The molecule has 0 aromatic heterocycles. The molecule has 1 aliphatic heterocycles. The third kappa shape index (κ3) is 7.61. The molecule has 8 aliphatic rings. The average molecular weight is 915 g/mol. The van der Waals surface area contributed by atoms with Gasteiger partial charge in [0.25, 0.3) is 0 Å². The highest BCUT2D eigenvalue weighted by Gasteiger charge is 2.73. The van der Waals surface area contributed by atoms with Crippen LogP contribution in [0.2, 0.25) is 18.1 Å². The molecular formula is C52H90N2O7SSi. The summed E-state index contributed by atoms with van der Waals surface area (Å²) in [4.78, 5) is 28.1. The van der Waals surface area contributed by atoms with Gasteiger partial charge in [-0.15, -0.1) is 0 Å². The molecule has 1 saturated heterocycles. The van der Waals surface area contributed by atoms with Gasteiger partial charge in [-0.2, -0.15) is 0 Å². The summed E-state index contributed by atoms with van der Waals surface area (Å²) < 4.78 is 39.1. The van der Waals surface area contributed by atoms with Crippen molar-refractivity contribution in [3.8, 4) is 0 Å². The second-order valence-corrected chi connectivity index (χ2v) is 34.2. The van der Waals surface area contributed by atoms with Crippen molar-refractivity contribution in [2.24, 2.45) is 73.9 Å². The van der Waals surface area contributed by atoms with Crippen LogP contribution in [0, 0.1) is 73.9 Å². The summed E-state index contributed by atoms with van der Waals surface area (Å²) in [5, 5.41) is 14.3. The smallest absolute Gasteiger partial charge is 0.309 e. The number of hydrogen-bond acceptors (Lipinski definition) is 8. The van der Waals surface area contributed by atoms with Gasteiger partial charge in [0, 0.05) is 36.6 Å². The fourth-order valence-electron chi connectivity index (χ4n) is 17.1. The summed E-state index contributed by atoms with van der Waals surface area (Å²) in [7, 11) is -5.08. The third-order valence-electron chi connectivity index (χ3n) is 22.8. The van der Waals surface area contributed by atoms with Crippen molar-refractivity contribution < 1.29 is 32.3 Å². The van der Waals surface area contributed by atoms with Gasteiger partial charge in [-0.25, -0.2) is 8.42 Å². The zero-order valence-electron chi connectivity index (χ0n) is 42.3. The van der Waals surface area contributed by atoms with Crippen LogP contribution in [-0.2, 0) is 28.6 Å². The monoisotopic (exact) mass is 915 g/mol. The molecule has 0 bridgehead atoms. The van der Waals surface area contributed by atoms with Crippen molar-refractivity contribution in [1.82, 2.24) is 10.2 Å². The molecule has 2 N–H and O–H groups in total. The van der Waals surface area contributed by atoms with E-state index in [1.807, 2.05) is 13.8 Å². The van der Waals surface area contributed by atoms with Crippen LogP contribution in [0.1, 0.15) is 167 Å². The summed E-state index contributed by atoms with van der Waals surface area (Å²) in [5.74, 6) is 1.74. The average Bonchev–Trinajstić information content (AvgIpc) is 3.78. The molecule has 0 radical (unpaired) electrons. The third-order valence-corrected chi connectivity index (χ3v) is 28.9. The Morgan fingerprint density at radius 1 is 0.778 bits per heavy atom. The van der Waals surface area contributed by atoms with E-state index in [9.17, 15) is 23.1 Å². The predicted octanol–water partition coefficient (Wildman–Crippen LogP) is 10.4. The molecule has 360 valence electrons. The molecule has 9 nitrogen and oxygen atoms in total. The predicted molar refractivity (Wildman–Crippen MR) is 254 cm³/mol. The minimum Gasteiger partial charge on any atom is -0.481 e. The molecule has 0 unspecified atom stereocenters. The van der Waals surface area contributed by atoms with Gasteiger partial charge in [0.15, 0.2) is 18.2 Å². The maximum absolute atomic E-state index is 13.8. The minimum absolute atomic E-state index is 0.00327. The molecule has 8 rings (SSSR count). The number of aliphatic carboxylic acids is 1. The van der Waals surface area contributed by atoms with Gasteiger partial charge in [-0.1, -0.05) is 76.2 Å². The number of nitrogens with one attached hydrogen (secondary N) is 1. The van der Waals surface area contributed by atoms with Crippen LogP contribution in [0.3, 0.4) is 0 Å². The molecule has 8 fully saturated rings. The van der Waals surface area contributed by atoms with Crippen LogP contribution in [0.4, 0.5) is 0 Å². The molecule has 0 amide bonds. The Labute approximate surface area is 384 Å². The van der Waals surface area contributed by atoms with Crippen molar-refractivity contribution in [2.45, 2.75) is 208 Å². The Kier molecular flexibility index (Phi) is 11.9. The van der Waals surface area contributed by atoms with E-state index >= 15 is 0 Å². The van der Waals surface area contributed by atoms with Gasteiger partial charge >= 0.3 is 11.9 Å². The number of fused-ring (bicyclic) bond motifs is 7. The summed E-state index contributed by atoms with van der Waals surface area (Å²) in [6, 6.07) is 0.122. The first kappa shape index (κ1) is 48.4. The highest BCUT2D eigenvalue weighted by atomic mass is 32.2. The number of hydrogen-bond donors (Lipinski definition) is 2. The lowest BCUT2D eigenvalue weighted by Crippen LogP contribution is -2.69. The summed E-state index contributed by atoms with van der Waals surface area (Å²) in [6.45, 7) is 35.2. The van der Waals surface area contributed by atoms with Crippen molar-refractivity contribution in [3.05, 3.63) is 0 Å². The van der Waals surface area contributed by atoms with E-state index < -0.39 is 35.5 Å². The summed E-state index contributed by atoms with van der Waals surface area (Å²) in [5.41, 5.74) is 0.400. The number of carbonyl (C=O) groups excluding carboxylic acids is 1. The van der Waals surface area contributed by atoms with Gasteiger partial charge in [0.05, 0.1) is 29.4 Å². The number of carboxylic acid groups (broad SMARTS) is 1. The molecule has 7 saturated carbocycles. The van der Waals surface area contributed by atoms with Gasteiger partial charge < -0.3 is 19.6 Å².